The highest BCUT2D eigenvalue weighted by atomic mass is 32.2. The molecule has 0 fully saturated rings. The van der Waals surface area contributed by atoms with Gasteiger partial charge in [0.15, 0.2) is 5.16 Å². The maximum atomic E-state index is 9.46. The summed E-state index contributed by atoms with van der Waals surface area (Å²) in [7, 11) is 1.61. The molecule has 0 saturated heterocycles. The lowest BCUT2D eigenvalue weighted by molar-refractivity contribution is 0.415. The minimum Gasteiger partial charge on any atom is -0.497 e. The van der Waals surface area contributed by atoms with E-state index >= 15 is 0 Å². The van der Waals surface area contributed by atoms with Crippen LogP contribution in [0.25, 0.3) is 22.4 Å². The number of ether oxygens (including phenoxy) is 1. The van der Waals surface area contributed by atoms with E-state index in [4.69, 9.17) is 10.5 Å². The SMILES string of the molecule is COc1ccc(-c2cc(-c3cnc(SC)nc3)c(C#N)c(N)n2)cc1. The predicted octanol–water partition coefficient (Wildman–Crippen LogP) is 3.39. The summed E-state index contributed by atoms with van der Waals surface area (Å²) in [5, 5.41) is 10.1. The molecule has 0 bridgehead atoms. The third-order valence-corrected chi connectivity index (χ3v) is 4.24. The van der Waals surface area contributed by atoms with Crippen molar-refractivity contribution in [2.24, 2.45) is 0 Å². The van der Waals surface area contributed by atoms with Crippen LogP contribution in [0.4, 0.5) is 5.82 Å². The van der Waals surface area contributed by atoms with Gasteiger partial charge in [-0.1, -0.05) is 11.8 Å². The summed E-state index contributed by atoms with van der Waals surface area (Å²) in [4.78, 5) is 12.9. The Morgan fingerprint density at radius 1 is 1.12 bits per heavy atom. The van der Waals surface area contributed by atoms with Crippen molar-refractivity contribution >= 4 is 17.6 Å². The predicted molar refractivity (Wildman–Crippen MR) is 98.2 cm³/mol. The van der Waals surface area contributed by atoms with Crippen LogP contribution < -0.4 is 10.5 Å². The van der Waals surface area contributed by atoms with Crippen LogP contribution in [0.3, 0.4) is 0 Å². The largest absolute Gasteiger partial charge is 0.497 e. The molecule has 2 N–H and O–H groups in total. The summed E-state index contributed by atoms with van der Waals surface area (Å²) in [6.07, 6.45) is 5.28. The van der Waals surface area contributed by atoms with E-state index < -0.39 is 0 Å². The first-order valence-corrected chi connectivity index (χ1v) is 8.60. The van der Waals surface area contributed by atoms with E-state index in [0.717, 1.165) is 16.9 Å². The first-order chi connectivity index (χ1) is 12.2. The molecule has 0 spiro atoms. The third kappa shape index (κ3) is 3.39. The summed E-state index contributed by atoms with van der Waals surface area (Å²) >= 11 is 1.45. The van der Waals surface area contributed by atoms with Gasteiger partial charge in [0.2, 0.25) is 0 Å². The Bertz CT molecular complexity index is 933. The molecule has 3 aromatic rings. The molecule has 124 valence electrons. The molecule has 25 heavy (non-hydrogen) atoms. The molecule has 0 saturated carbocycles. The Balaban J connectivity index is 2.12. The Labute approximate surface area is 149 Å². The zero-order valence-electron chi connectivity index (χ0n) is 13.7. The number of anilines is 1. The van der Waals surface area contributed by atoms with Gasteiger partial charge in [-0.2, -0.15) is 5.26 Å². The highest BCUT2D eigenvalue weighted by molar-refractivity contribution is 7.98. The number of nitriles is 1. The molecule has 0 aliphatic rings. The van der Waals surface area contributed by atoms with E-state index in [0.29, 0.717) is 22.0 Å². The van der Waals surface area contributed by atoms with Crippen LogP contribution in [-0.2, 0) is 0 Å². The number of methoxy groups -OCH3 is 1. The standard InChI is InChI=1S/C18H15N5OS/c1-24-13-5-3-11(4-6-13)16-7-14(15(8-19)17(20)23-16)12-9-21-18(25-2)22-10-12/h3-7,9-10H,1-2H3,(H2,20,23). The van der Waals surface area contributed by atoms with E-state index in [-0.39, 0.29) is 5.82 Å². The van der Waals surface area contributed by atoms with Crippen molar-refractivity contribution in [3.05, 3.63) is 48.3 Å². The molecule has 1 aromatic carbocycles. The molecule has 0 aliphatic heterocycles. The minimum atomic E-state index is 0.180. The van der Waals surface area contributed by atoms with E-state index in [1.54, 1.807) is 19.5 Å². The summed E-state index contributed by atoms with van der Waals surface area (Å²) < 4.78 is 5.17. The molecule has 2 aromatic heterocycles. The molecule has 3 rings (SSSR count). The lowest BCUT2D eigenvalue weighted by Crippen LogP contribution is -2.00. The van der Waals surface area contributed by atoms with Crippen LogP contribution in [0.2, 0.25) is 0 Å². The highest BCUT2D eigenvalue weighted by Gasteiger charge is 2.14. The molecule has 2 heterocycles. The molecule has 0 radical (unpaired) electrons. The lowest BCUT2D eigenvalue weighted by Gasteiger charge is -2.10. The quantitative estimate of drug-likeness (QED) is 0.569. The second-order valence-corrected chi connectivity index (χ2v) is 5.89. The number of nitrogens with two attached hydrogens (primary N) is 1. The normalized spacial score (nSPS) is 10.3. The Morgan fingerprint density at radius 2 is 1.80 bits per heavy atom. The van der Waals surface area contributed by atoms with E-state index in [9.17, 15) is 5.26 Å². The molecule has 7 heteroatoms. The van der Waals surface area contributed by atoms with E-state index in [1.165, 1.54) is 11.8 Å². The lowest BCUT2D eigenvalue weighted by atomic mass is 10.0. The van der Waals surface area contributed by atoms with Crippen molar-refractivity contribution < 1.29 is 4.74 Å². The van der Waals surface area contributed by atoms with E-state index in [2.05, 4.69) is 21.0 Å². The smallest absolute Gasteiger partial charge is 0.187 e. The molecular weight excluding hydrogens is 334 g/mol. The van der Waals surface area contributed by atoms with E-state index in [1.807, 2.05) is 36.6 Å². The molecule has 0 amide bonds. The number of aromatic nitrogens is 3. The van der Waals surface area contributed by atoms with Crippen molar-refractivity contribution in [1.29, 1.82) is 5.26 Å². The topological polar surface area (TPSA) is 97.7 Å². The number of pyridine rings is 1. The summed E-state index contributed by atoms with van der Waals surface area (Å²) in [5.41, 5.74) is 9.26. The van der Waals surface area contributed by atoms with Crippen LogP contribution in [0.1, 0.15) is 5.56 Å². The Kier molecular flexibility index (Phi) is 4.82. The summed E-state index contributed by atoms with van der Waals surface area (Å²) in [6, 6.07) is 11.4. The van der Waals surface area contributed by atoms with Crippen LogP contribution in [0.5, 0.6) is 5.75 Å². The Hall–Kier alpha value is -3.11. The van der Waals surface area contributed by atoms with Gasteiger partial charge in [0, 0.05) is 29.1 Å². The maximum Gasteiger partial charge on any atom is 0.187 e. The molecule has 0 aliphatic carbocycles. The van der Waals surface area contributed by atoms with Gasteiger partial charge in [0.1, 0.15) is 23.2 Å². The van der Waals surface area contributed by atoms with Gasteiger partial charge in [-0.15, -0.1) is 0 Å². The van der Waals surface area contributed by atoms with Gasteiger partial charge >= 0.3 is 0 Å². The van der Waals surface area contributed by atoms with Gasteiger partial charge in [0.25, 0.3) is 0 Å². The average Bonchev–Trinajstić information content (AvgIpc) is 2.67. The van der Waals surface area contributed by atoms with Gasteiger partial charge in [-0.05, 0) is 36.6 Å². The van der Waals surface area contributed by atoms with Crippen LogP contribution in [0, 0.1) is 11.3 Å². The number of hydrogen-bond acceptors (Lipinski definition) is 7. The maximum absolute atomic E-state index is 9.46. The number of hydrogen-bond donors (Lipinski definition) is 1. The number of benzene rings is 1. The second kappa shape index (κ2) is 7.20. The first-order valence-electron chi connectivity index (χ1n) is 7.37. The number of nitrogens with zero attached hydrogens (tertiary/aromatic N) is 4. The zero-order valence-corrected chi connectivity index (χ0v) is 14.5. The zero-order chi connectivity index (χ0) is 17.8. The van der Waals surface area contributed by atoms with Gasteiger partial charge < -0.3 is 10.5 Å². The third-order valence-electron chi connectivity index (χ3n) is 3.67. The van der Waals surface area contributed by atoms with Crippen molar-refractivity contribution in [2.45, 2.75) is 5.16 Å². The van der Waals surface area contributed by atoms with Crippen LogP contribution in [-0.4, -0.2) is 28.3 Å². The number of thioether (sulfide) groups is 1. The number of nitrogen functional groups attached to an aromatic ring is 1. The van der Waals surface area contributed by atoms with Crippen molar-refractivity contribution in [3.8, 4) is 34.2 Å². The monoisotopic (exact) mass is 349 g/mol. The van der Waals surface area contributed by atoms with Crippen LogP contribution in [0.15, 0.2) is 47.9 Å². The fourth-order valence-electron chi connectivity index (χ4n) is 2.38. The summed E-state index contributed by atoms with van der Waals surface area (Å²) in [5.74, 6) is 0.936. The second-order valence-electron chi connectivity index (χ2n) is 5.11. The molecule has 6 nitrogen and oxygen atoms in total. The molecular formula is C18H15N5OS. The summed E-state index contributed by atoms with van der Waals surface area (Å²) in [6.45, 7) is 0. The fourth-order valence-corrected chi connectivity index (χ4v) is 2.70. The highest BCUT2D eigenvalue weighted by Crippen LogP contribution is 2.31. The minimum absolute atomic E-state index is 0.180. The number of rotatable bonds is 4. The van der Waals surface area contributed by atoms with Gasteiger partial charge in [-0.25, -0.2) is 15.0 Å². The first kappa shape index (κ1) is 16.7. The van der Waals surface area contributed by atoms with Crippen molar-refractivity contribution in [2.75, 3.05) is 19.1 Å². The van der Waals surface area contributed by atoms with Crippen molar-refractivity contribution in [1.82, 2.24) is 15.0 Å². The van der Waals surface area contributed by atoms with Gasteiger partial charge in [0.05, 0.1) is 12.8 Å². The van der Waals surface area contributed by atoms with Gasteiger partial charge in [-0.3, -0.25) is 0 Å². The average molecular weight is 349 g/mol. The molecule has 0 atom stereocenters. The Morgan fingerprint density at radius 3 is 2.36 bits per heavy atom. The van der Waals surface area contributed by atoms with Crippen LogP contribution >= 0.6 is 11.8 Å². The molecule has 0 unspecified atom stereocenters. The fraction of sp³-hybridized carbons (Fsp3) is 0.111. The van der Waals surface area contributed by atoms with Crippen molar-refractivity contribution in [3.63, 3.8) is 0 Å².